The van der Waals surface area contributed by atoms with Gasteiger partial charge in [-0.05, 0) is 47.4 Å². The highest BCUT2D eigenvalue weighted by Gasteiger charge is 2.24. The molecule has 3 aromatic carbocycles. The molecule has 0 aliphatic carbocycles. The van der Waals surface area contributed by atoms with Gasteiger partial charge in [-0.1, -0.05) is 66.2 Å². The van der Waals surface area contributed by atoms with Crippen molar-refractivity contribution in [1.82, 2.24) is 9.80 Å². The molecule has 3 aromatic rings. The average molecular weight is 521 g/mol. The van der Waals surface area contributed by atoms with Gasteiger partial charge in [0, 0.05) is 44.2 Å². The van der Waals surface area contributed by atoms with Gasteiger partial charge >= 0.3 is 5.97 Å². The molecule has 0 spiro atoms. The lowest BCUT2D eigenvalue weighted by Crippen LogP contribution is -2.49. The molecule has 0 N–H and O–H groups in total. The Kier molecular flexibility index (Phi) is 9.71. The number of benzene rings is 3. The van der Waals surface area contributed by atoms with Crippen LogP contribution in [0.1, 0.15) is 39.6 Å². The average Bonchev–Trinajstić information content (AvgIpc) is 2.95. The molecule has 0 saturated carbocycles. The van der Waals surface area contributed by atoms with Gasteiger partial charge in [-0.15, -0.1) is 0 Å². The Balaban J connectivity index is 1.32. The first-order valence-electron chi connectivity index (χ1n) is 12.6. The van der Waals surface area contributed by atoms with E-state index in [9.17, 15) is 9.59 Å². The molecule has 0 aromatic heterocycles. The van der Waals surface area contributed by atoms with Crippen LogP contribution in [-0.4, -0.2) is 61.5 Å². The van der Waals surface area contributed by atoms with Gasteiger partial charge in [0.25, 0.3) is 0 Å². The number of aryl methyl sites for hydroxylation is 1. The molecule has 1 saturated heterocycles. The molecule has 37 heavy (non-hydrogen) atoms. The Hall–Kier alpha value is -3.19. The lowest BCUT2D eigenvalue weighted by Gasteiger charge is -2.36. The van der Waals surface area contributed by atoms with Crippen molar-refractivity contribution >= 4 is 23.5 Å². The second-order valence-electron chi connectivity index (χ2n) is 9.21. The smallest absolute Gasteiger partial charge is 0.337 e. The Morgan fingerprint density at radius 2 is 1.54 bits per heavy atom. The fourth-order valence-electron chi connectivity index (χ4n) is 4.45. The number of esters is 1. The maximum Gasteiger partial charge on any atom is 0.337 e. The van der Waals surface area contributed by atoms with Crippen molar-refractivity contribution in [2.75, 3.05) is 39.8 Å². The van der Waals surface area contributed by atoms with Crippen molar-refractivity contribution in [3.05, 3.63) is 106 Å². The van der Waals surface area contributed by atoms with Crippen LogP contribution in [0.15, 0.2) is 78.9 Å². The molecule has 7 heteroatoms. The van der Waals surface area contributed by atoms with Crippen LogP contribution in [0.5, 0.6) is 0 Å². The fourth-order valence-corrected chi connectivity index (χ4v) is 4.58. The molecule has 1 atom stereocenters. The summed E-state index contributed by atoms with van der Waals surface area (Å²) < 4.78 is 11.1. The minimum atomic E-state index is -0.357. The van der Waals surface area contributed by atoms with Gasteiger partial charge in [0.1, 0.15) is 0 Å². The summed E-state index contributed by atoms with van der Waals surface area (Å²) in [6.45, 7) is 4.17. The molecule has 1 amide bonds. The van der Waals surface area contributed by atoms with E-state index in [4.69, 9.17) is 21.1 Å². The summed E-state index contributed by atoms with van der Waals surface area (Å²) in [5.74, 6) is -0.145. The molecular weight excluding hydrogens is 488 g/mol. The predicted molar refractivity (Wildman–Crippen MR) is 145 cm³/mol. The maximum absolute atomic E-state index is 12.7. The summed E-state index contributed by atoms with van der Waals surface area (Å²) in [5.41, 5.74) is 3.73. The molecule has 1 aliphatic heterocycles. The van der Waals surface area contributed by atoms with E-state index in [1.54, 1.807) is 12.1 Å². The quantitative estimate of drug-likeness (QED) is 0.345. The van der Waals surface area contributed by atoms with Crippen LogP contribution in [-0.2, 0) is 27.3 Å². The van der Waals surface area contributed by atoms with Gasteiger partial charge in [-0.3, -0.25) is 9.69 Å². The van der Waals surface area contributed by atoms with Gasteiger partial charge in [-0.25, -0.2) is 4.79 Å². The zero-order chi connectivity index (χ0) is 26.0. The fraction of sp³-hybridized carbons (Fsp3) is 0.333. The van der Waals surface area contributed by atoms with Gasteiger partial charge in [0.05, 0.1) is 25.4 Å². The number of hydrogen-bond donors (Lipinski definition) is 0. The van der Waals surface area contributed by atoms with Crippen LogP contribution in [0, 0.1) is 0 Å². The Morgan fingerprint density at radius 3 is 2.19 bits per heavy atom. The van der Waals surface area contributed by atoms with E-state index in [2.05, 4.69) is 17.0 Å². The first kappa shape index (κ1) is 26.9. The topological polar surface area (TPSA) is 59.1 Å². The van der Waals surface area contributed by atoms with E-state index in [0.717, 1.165) is 43.7 Å². The van der Waals surface area contributed by atoms with Gasteiger partial charge in [0.15, 0.2) is 0 Å². The Morgan fingerprint density at radius 1 is 0.865 bits per heavy atom. The highest BCUT2D eigenvalue weighted by Crippen LogP contribution is 2.24. The highest BCUT2D eigenvalue weighted by atomic mass is 35.5. The van der Waals surface area contributed by atoms with E-state index < -0.39 is 0 Å². The Bertz CT molecular complexity index is 1140. The maximum atomic E-state index is 12.7. The summed E-state index contributed by atoms with van der Waals surface area (Å²) >= 11 is 6.12. The monoisotopic (exact) mass is 520 g/mol. The predicted octanol–water partition coefficient (Wildman–Crippen LogP) is 5.16. The number of rotatable bonds is 10. The van der Waals surface area contributed by atoms with Crippen molar-refractivity contribution in [3.8, 4) is 0 Å². The van der Waals surface area contributed by atoms with E-state index in [1.807, 2.05) is 59.5 Å². The number of carbonyl (C=O) groups is 2. The van der Waals surface area contributed by atoms with Crippen LogP contribution in [0.4, 0.5) is 0 Å². The number of nitrogens with zero attached hydrogens (tertiary/aromatic N) is 2. The van der Waals surface area contributed by atoms with Crippen LogP contribution in [0.2, 0.25) is 5.02 Å². The van der Waals surface area contributed by atoms with E-state index in [-0.39, 0.29) is 18.0 Å². The summed E-state index contributed by atoms with van der Waals surface area (Å²) in [7, 11) is 1.37. The summed E-state index contributed by atoms with van der Waals surface area (Å²) in [4.78, 5) is 28.8. The molecule has 194 valence electrons. The zero-order valence-electron chi connectivity index (χ0n) is 21.1. The van der Waals surface area contributed by atoms with Crippen molar-refractivity contribution in [2.24, 2.45) is 0 Å². The van der Waals surface area contributed by atoms with Crippen LogP contribution in [0.3, 0.4) is 0 Å². The lowest BCUT2D eigenvalue weighted by atomic mass is 10.1. The molecule has 1 heterocycles. The van der Waals surface area contributed by atoms with E-state index in [0.29, 0.717) is 30.2 Å². The van der Waals surface area contributed by atoms with Crippen molar-refractivity contribution in [1.29, 1.82) is 0 Å². The number of halogens is 1. The molecule has 0 radical (unpaired) electrons. The number of ether oxygens (including phenoxy) is 2. The summed E-state index contributed by atoms with van der Waals surface area (Å²) in [6, 6.07) is 25.1. The zero-order valence-corrected chi connectivity index (χ0v) is 21.9. The molecule has 1 aliphatic rings. The number of amides is 1. The van der Waals surface area contributed by atoms with Crippen LogP contribution >= 0.6 is 11.6 Å². The van der Waals surface area contributed by atoms with Crippen molar-refractivity contribution in [3.63, 3.8) is 0 Å². The molecule has 0 unspecified atom stereocenters. The summed E-state index contributed by atoms with van der Waals surface area (Å²) in [5, 5.41) is 0.684. The number of carbonyl (C=O) groups excluding carboxylic acids is 2. The highest BCUT2D eigenvalue weighted by molar-refractivity contribution is 6.30. The third kappa shape index (κ3) is 7.89. The SMILES string of the molecule is COC(=O)c1ccc(CO[C@@H](CN2CCN(C(=O)CCc3ccccc3)CC2)c2ccc(Cl)cc2)cc1. The minimum Gasteiger partial charge on any atom is -0.465 e. The Labute approximate surface area is 223 Å². The summed E-state index contributed by atoms with van der Waals surface area (Å²) in [6.07, 6.45) is 1.15. The van der Waals surface area contributed by atoms with Gasteiger partial charge in [-0.2, -0.15) is 0 Å². The standard InChI is InChI=1S/C30H33ClN2O4/c1-36-30(35)26-10-7-24(8-11-26)22-37-28(25-12-14-27(31)15-13-25)21-32-17-19-33(20-18-32)29(34)16-9-23-5-3-2-4-6-23/h2-8,10-15,28H,9,16-22H2,1H3/t28-/m0/s1. The van der Waals surface area contributed by atoms with Crippen molar-refractivity contribution in [2.45, 2.75) is 25.6 Å². The normalized spacial score (nSPS) is 14.8. The first-order chi connectivity index (χ1) is 18.0. The number of methoxy groups -OCH3 is 1. The molecule has 0 bridgehead atoms. The first-order valence-corrected chi connectivity index (χ1v) is 13.0. The number of piperazine rings is 1. The van der Waals surface area contributed by atoms with Crippen LogP contribution < -0.4 is 0 Å². The number of hydrogen-bond acceptors (Lipinski definition) is 5. The van der Waals surface area contributed by atoms with Gasteiger partial charge < -0.3 is 14.4 Å². The third-order valence-corrected chi connectivity index (χ3v) is 6.94. The van der Waals surface area contributed by atoms with E-state index >= 15 is 0 Å². The largest absolute Gasteiger partial charge is 0.465 e. The lowest BCUT2D eigenvalue weighted by molar-refractivity contribution is -0.133. The molecule has 1 fully saturated rings. The second-order valence-corrected chi connectivity index (χ2v) is 9.64. The molecule has 6 nitrogen and oxygen atoms in total. The van der Waals surface area contributed by atoms with Crippen LogP contribution in [0.25, 0.3) is 0 Å². The minimum absolute atomic E-state index is 0.155. The molecule has 4 rings (SSSR count). The molecular formula is C30H33ClN2O4. The van der Waals surface area contributed by atoms with E-state index in [1.165, 1.54) is 12.7 Å². The second kappa shape index (κ2) is 13.4. The van der Waals surface area contributed by atoms with Gasteiger partial charge in [0.2, 0.25) is 5.91 Å². The third-order valence-electron chi connectivity index (χ3n) is 6.69. The van der Waals surface area contributed by atoms with Crippen molar-refractivity contribution < 1.29 is 19.1 Å².